The standard InChI is InChI=1S/C14H28N2/c1-12-11-16(10-8-14(12)15)9-7-13-5-3-2-4-6-13/h12-14H,2-11,15H2,1H3. The smallest absolute Gasteiger partial charge is 0.00889 e. The fraction of sp³-hybridized carbons (Fsp3) is 1.00. The Kier molecular flexibility index (Phi) is 4.66. The van der Waals surface area contributed by atoms with E-state index in [-0.39, 0.29) is 0 Å². The van der Waals surface area contributed by atoms with Gasteiger partial charge in [0.15, 0.2) is 0 Å². The van der Waals surface area contributed by atoms with E-state index in [1.165, 1.54) is 64.6 Å². The molecule has 1 heterocycles. The van der Waals surface area contributed by atoms with Crippen LogP contribution in [0.5, 0.6) is 0 Å². The summed E-state index contributed by atoms with van der Waals surface area (Å²) in [6.45, 7) is 6.09. The molecule has 16 heavy (non-hydrogen) atoms. The molecule has 1 saturated heterocycles. The van der Waals surface area contributed by atoms with Gasteiger partial charge in [0, 0.05) is 12.6 Å². The van der Waals surface area contributed by atoms with Gasteiger partial charge in [-0.25, -0.2) is 0 Å². The largest absolute Gasteiger partial charge is 0.327 e. The first-order valence-corrected chi connectivity index (χ1v) is 7.23. The van der Waals surface area contributed by atoms with Gasteiger partial charge < -0.3 is 10.6 Å². The maximum atomic E-state index is 6.05. The lowest BCUT2D eigenvalue weighted by Crippen LogP contribution is -2.46. The van der Waals surface area contributed by atoms with Crippen molar-refractivity contribution in [2.24, 2.45) is 17.6 Å². The van der Waals surface area contributed by atoms with Crippen molar-refractivity contribution >= 4 is 0 Å². The fourth-order valence-electron chi connectivity index (χ4n) is 3.29. The molecule has 2 aliphatic rings. The summed E-state index contributed by atoms with van der Waals surface area (Å²) in [6, 6.07) is 0.450. The van der Waals surface area contributed by atoms with Crippen LogP contribution < -0.4 is 5.73 Å². The first-order valence-electron chi connectivity index (χ1n) is 7.23. The molecule has 2 atom stereocenters. The average molecular weight is 224 g/mol. The van der Waals surface area contributed by atoms with Crippen molar-refractivity contribution in [3.8, 4) is 0 Å². The molecule has 2 heteroatoms. The van der Waals surface area contributed by atoms with E-state index in [0.717, 1.165) is 5.92 Å². The molecular weight excluding hydrogens is 196 g/mol. The van der Waals surface area contributed by atoms with E-state index in [1.807, 2.05) is 0 Å². The Hall–Kier alpha value is -0.0800. The lowest BCUT2D eigenvalue weighted by atomic mass is 9.86. The molecule has 0 aromatic rings. The Morgan fingerprint density at radius 3 is 2.56 bits per heavy atom. The molecule has 0 spiro atoms. The number of rotatable bonds is 3. The van der Waals surface area contributed by atoms with Gasteiger partial charge >= 0.3 is 0 Å². The van der Waals surface area contributed by atoms with Crippen LogP contribution in [-0.2, 0) is 0 Å². The van der Waals surface area contributed by atoms with Crippen molar-refractivity contribution in [1.29, 1.82) is 0 Å². The fourth-order valence-corrected chi connectivity index (χ4v) is 3.29. The molecule has 0 amide bonds. The van der Waals surface area contributed by atoms with Crippen LogP contribution in [0.3, 0.4) is 0 Å². The Bertz CT molecular complexity index is 199. The third-order valence-electron chi connectivity index (χ3n) is 4.63. The van der Waals surface area contributed by atoms with Crippen LogP contribution in [0.15, 0.2) is 0 Å². The highest BCUT2D eigenvalue weighted by Crippen LogP contribution is 2.27. The molecule has 94 valence electrons. The molecule has 0 aromatic heterocycles. The Balaban J connectivity index is 1.65. The number of likely N-dealkylation sites (tertiary alicyclic amines) is 1. The summed E-state index contributed by atoms with van der Waals surface area (Å²) >= 11 is 0. The van der Waals surface area contributed by atoms with Gasteiger partial charge in [0.25, 0.3) is 0 Å². The predicted octanol–water partition coefficient (Wildman–Crippen LogP) is 2.63. The van der Waals surface area contributed by atoms with Crippen LogP contribution in [0.4, 0.5) is 0 Å². The van der Waals surface area contributed by atoms with Gasteiger partial charge in [-0.3, -0.25) is 0 Å². The van der Waals surface area contributed by atoms with Crippen molar-refractivity contribution in [2.45, 2.75) is 57.9 Å². The number of nitrogens with zero attached hydrogens (tertiary/aromatic N) is 1. The van der Waals surface area contributed by atoms with E-state index in [4.69, 9.17) is 5.73 Å². The zero-order valence-electron chi connectivity index (χ0n) is 10.8. The number of nitrogens with two attached hydrogens (primary N) is 1. The third-order valence-corrected chi connectivity index (χ3v) is 4.63. The Morgan fingerprint density at radius 2 is 1.88 bits per heavy atom. The number of piperidine rings is 1. The molecule has 0 aromatic carbocycles. The van der Waals surface area contributed by atoms with E-state index in [9.17, 15) is 0 Å². The zero-order valence-corrected chi connectivity index (χ0v) is 10.8. The molecule has 2 rings (SSSR count). The van der Waals surface area contributed by atoms with Crippen LogP contribution >= 0.6 is 0 Å². The van der Waals surface area contributed by atoms with Gasteiger partial charge in [0.1, 0.15) is 0 Å². The second-order valence-corrected chi connectivity index (χ2v) is 6.02. The normalized spacial score (nSPS) is 34.1. The van der Waals surface area contributed by atoms with Crippen molar-refractivity contribution < 1.29 is 0 Å². The minimum absolute atomic E-state index is 0.450. The first-order chi connectivity index (χ1) is 7.75. The summed E-state index contributed by atoms with van der Waals surface area (Å²) < 4.78 is 0. The minimum Gasteiger partial charge on any atom is -0.327 e. The third kappa shape index (κ3) is 3.46. The van der Waals surface area contributed by atoms with Crippen LogP contribution in [0.2, 0.25) is 0 Å². The zero-order chi connectivity index (χ0) is 11.4. The van der Waals surface area contributed by atoms with E-state index in [0.29, 0.717) is 12.0 Å². The predicted molar refractivity (Wildman–Crippen MR) is 69.4 cm³/mol. The monoisotopic (exact) mass is 224 g/mol. The van der Waals surface area contributed by atoms with E-state index < -0.39 is 0 Å². The van der Waals surface area contributed by atoms with Gasteiger partial charge in [0.2, 0.25) is 0 Å². The highest BCUT2D eigenvalue weighted by atomic mass is 15.1. The molecular formula is C14H28N2. The van der Waals surface area contributed by atoms with Crippen LogP contribution in [0.25, 0.3) is 0 Å². The lowest BCUT2D eigenvalue weighted by Gasteiger charge is -2.36. The second kappa shape index (κ2) is 6.02. The molecule has 1 saturated carbocycles. The van der Waals surface area contributed by atoms with Gasteiger partial charge in [-0.1, -0.05) is 39.0 Å². The maximum absolute atomic E-state index is 6.05. The SMILES string of the molecule is CC1CN(CCC2CCCCC2)CCC1N. The molecule has 2 nitrogen and oxygen atoms in total. The van der Waals surface area contributed by atoms with E-state index in [1.54, 1.807) is 0 Å². The summed E-state index contributed by atoms with van der Waals surface area (Å²) in [5.41, 5.74) is 6.05. The summed E-state index contributed by atoms with van der Waals surface area (Å²) in [5, 5.41) is 0. The summed E-state index contributed by atoms with van der Waals surface area (Å²) in [6.07, 6.45) is 10.0. The van der Waals surface area contributed by atoms with Crippen LogP contribution in [0, 0.1) is 11.8 Å². The molecule has 2 unspecified atom stereocenters. The topological polar surface area (TPSA) is 29.3 Å². The molecule has 1 aliphatic heterocycles. The second-order valence-electron chi connectivity index (χ2n) is 6.02. The molecule has 0 radical (unpaired) electrons. The van der Waals surface area contributed by atoms with Gasteiger partial charge in [0.05, 0.1) is 0 Å². The molecule has 2 fully saturated rings. The van der Waals surface area contributed by atoms with Gasteiger partial charge in [-0.05, 0) is 37.8 Å². The summed E-state index contributed by atoms with van der Waals surface area (Å²) in [4.78, 5) is 2.64. The summed E-state index contributed by atoms with van der Waals surface area (Å²) in [5.74, 6) is 1.72. The van der Waals surface area contributed by atoms with E-state index >= 15 is 0 Å². The summed E-state index contributed by atoms with van der Waals surface area (Å²) in [7, 11) is 0. The lowest BCUT2D eigenvalue weighted by molar-refractivity contribution is 0.150. The van der Waals surface area contributed by atoms with Gasteiger partial charge in [-0.2, -0.15) is 0 Å². The highest BCUT2D eigenvalue weighted by molar-refractivity contribution is 4.80. The first kappa shape index (κ1) is 12.4. The average Bonchev–Trinajstić information content (AvgIpc) is 2.32. The molecule has 1 aliphatic carbocycles. The van der Waals surface area contributed by atoms with Crippen molar-refractivity contribution in [2.75, 3.05) is 19.6 Å². The number of hydrogen-bond donors (Lipinski definition) is 1. The maximum Gasteiger partial charge on any atom is 0.00889 e. The number of hydrogen-bond acceptors (Lipinski definition) is 2. The van der Waals surface area contributed by atoms with Crippen LogP contribution in [-0.4, -0.2) is 30.6 Å². The van der Waals surface area contributed by atoms with Crippen LogP contribution in [0.1, 0.15) is 51.9 Å². The van der Waals surface area contributed by atoms with E-state index in [2.05, 4.69) is 11.8 Å². The van der Waals surface area contributed by atoms with Crippen molar-refractivity contribution in [3.63, 3.8) is 0 Å². The Morgan fingerprint density at radius 1 is 1.12 bits per heavy atom. The highest BCUT2D eigenvalue weighted by Gasteiger charge is 2.23. The van der Waals surface area contributed by atoms with Crippen molar-refractivity contribution in [3.05, 3.63) is 0 Å². The van der Waals surface area contributed by atoms with Crippen molar-refractivity contribution in [1.82, 2.24) is 4.90 Å². The Labute approximate surface area is 101 Å². The molecule has 0 bridgehead atoms. The molecule has 2 N–H and O–H groups in total. The minimum atomic E-state index is 0.450. The van der Waals surface area contributed by atoms with Gasteiger partial charge in [-0.15, -0.1) is 0 Å². The quantitative estimate of drug-likeness (QED) is 0.798.